The molecule has 1 aliphatic rings. The van der Waals surface area contributed by atoms with Gasteiger partial charge in [0.2, 0.25) is 0 Å². The zero-order chi connectivity index (χ0) is 14.0. The highest BCUT2D eigenvalue weighted by Gasteiger charge is 2.46. The summed E-state index contributed by atoms with van der Waals surface area (Å²) in [7, 11) is 0. The van der Waals surface area contributed by atoms with E-state index in [0.29, 0.717) is 5.56 Å². The van der Waals surface area contributed by atoms with Crippen LogP contribution in [0.3, 0.4) is 0 Å². The van der Waals surface area contributed by atoms with E-state index in [2.05, 4.69) is 0 Å². The molecule has 1 aromatic carbocycles. The number of aliphatic hydroxyl groups excluding tert-OH is 5. The van der Waals surface area contributed by atoms with Gasteiger partial charge in [0.25, 0.3) is 0 Å². The summed E-state index contributed by atoms with van der Waals surface area (Å²) >= 11 is 0. The number of hydrogen-bond acceptors (Lipinski definition) is 6. The first-order chi connectivity index (χ1) is 9.06. The quantitative estimate of drug-likeness (QED) is 0.460. The zero-order valence-corrected chi connectivity index (χ0v) is 10.2. The molecule has 1 aromatic rings. The Morgan fingerprint density at radius 2 is 1.63 bits per heavy atom. The number of hydrogen-bond donors (Lipinski definition) is 5. The average molecular weight is 270 g/mol. The molecule has 6 heteroatoms. The van der Waals surface area contributed by atoms with Crippen LogP contribution < -0.4 is 0 Å². The fourth-order valence-electron chi connectivity index (χ4n) is 2.23. The predicted molar refractivity (Wildman–Crippen MR) is 65.2 cm³/mol. The van der Waals surface area contributed by atoms with E-state index in [4.69, 9.17) is 9.84 Å². The molecule has 1 aliphatic heterocycles. The zero-order valence-electron chi connectivity index (χ0n) is 10.2. The highest BCUT2D eigenvalue weighted by molar-refractivity contribution is 5.19. The minimum absolute atomic E-state index is 0.511. The van der Waals surface area contributed by atoms with Gasteiger partial charge in [-0.3, -0.25) is 0 Å². The Balaban J connectivity index is 2.19. The summed E-state index contributed by atoms with van der Waals surface area (Å²) in [6, 6.07) is 8.55. The van der Waals surface area contributed by atoms with Crippen molar-refractivity contribution in [2.75, 3.05) is 6.61 Å². The van der Waals surface area contributed by atoms with Gasteiger partial charge in [0.1, 0.15) is 36.6 Å². The number of benzene rings is 1. The molecule has 0 radical (unpaired) electrons. The van der Waals surface area contributed by atoms with Gasteiger partial charge < -0.3 is 30.3 Å². The Labute approximate surface area is 110 Å². The van der Waals surface area contributed by atoms with E-state index in [1.807, 2.05) is 0 Å². The van der Waals surface area contributed by atoms with Crippen LogP contribution in [0.25, 0.3) is 0 Å². The SMILES string of the molecule is OC[C@H]1OC(C(O)c2ccccc2)[C@H](O)[C@@H](O)[C@@H]1O. The predicted octanol–water partition coefficient (Wildman–Crippen LogP) is -1.44. The molecule has 0 aromatic heterocycles. The lowest BCUT2D eigenvalue weighted by molar-refractivity contribution is -0.250. The molecule has 1 saturated heterocycles. The first kappa shape index (κ1) is 14.4. The van der Waals surface area contributed by atoms with E-state index in [1.165, 1.54) is 0 Å². The van der Waals surface area contributed by atoms with Crippen LogP contribution in [-0.2, 0) is 4.74 Å². The molecule has 0 bridgehead atoms. The van der Waals surface area contributed by atoms with Gasteiger partial charge >= 0.3 is 0 Å². The van der Waals surface area contributed by atoms with E-state index in [-0.39, 0.29) is 0 Å². The van der Waals surface area contributed by atoms with Crippen LogP contribution in [0.15, 0.2) is 30.3 Å². The van der Waals surface area contributed by atoms with Crippen molar-refractivity contribution in [3.8, 4) is 0 Å². The van der Waals surface area contributed by atoms with Crippen molar-refractivity contribution in [3.63, 3.8) is 0 Å². The van der Waals surface area contributed by atoms with Crippen molar-refractivity contribution in [3.05, 3.63) is 35.9 Å². The molecule has 0 aliphatic carbocycles. The molecule has 0 amide bonds. The van der Waals surface area contributed by atoms with E-state index in [9.17, 15) is 20.4 Å². The van der Waals surface area contributed by atoms with Gasteiger partial charge in [-0.05, 0) is 5.56 Å². The van der Waals surface area contributed by atoms with Gasteiger partial charge in [-0.15, -0.1) is 0 Å². The molecule has 2 rings (SSSR count). The van der Waals surface area contributed by atoms with Crippen LogP contribution in [0, 0.1) is 0 Å². The molecule has 1 heterocycles. The second-order valence-electron chi connectivity index (χ2n) is 4.65. The lowest BCUT2D eigenvalue weighted by Crippen LogP contribution is -2.59. The molecule has 0 spiro atoms. The lowest BCUT2D eigenvalue weighted by atomic mass is 9.90. The minimum Gasteiger partial charge on any atom is -0.394 e. The molecule has 2 unspecified atom stereocenters. The molecular weight excluding hydrogens is 252 g/mol. The maximum Gasteiger partial charge on any atom is 0.117 e. The van der Waals surface area contributed by atoms with Crippen molar-refractivity contribution in [2.24, 2.45) is 0 Å². The maximum atomic E-state index is 10.2. The lowest BCUT2D eigenvalue weighted by Gasteiger charge is -2.41. The topological polar surface area (TPSA) is 110 Å². The van der Waals surface area contributed by atoms with Gasteiger partial charge in [0, 0.05) is 0 Å². The van der Waals surface area contributed by atoms with Crippen LogP contribution >= 0.6 is 0 Å². The first-order valence-corrected chi connectivity index (χ1v) is 6.09. The number of aliphatic hydroxyl groups is 5. The van der Waals surface area contributed by atoms with Gasteiger partial charge in [-0.2, -0.15) is 0 Å². The number of rotatable bonds is 3. The Bertz CT molecular complexity index is 395. The standard InChI is InChI=1S/C13H18O6/c14-6-8-10(16)11(17)12(18)13(19-8)9(15)7-4-2-1-3-5-7/h1-5,8-18H,6H2/t8-,9?,10-,11+,12-,13?/m1/s1. The molecule has 19 heavy (non-hydrogen) atoms. The summed E-state index contributed by atoms with van der Waals surface area (Å²) < 4.78 is 5.29. The largest absolute Gasteiger partial charge is 0.394 e. The second-order valence-corrected chi connectivity index (χ2v) is 4.65. The van der Waals surface area contributed by atoms with Gasteiger partial charge in [-0.25, -0.2) is 0 Å². The van der Waals surface area contributed by atoms with Crippen molar-refractivity contribution < 1.29 is 30.3 Å². The summed E-state index contributed by atoms with van der Waals surface area (Å²) in [6.45, 7) is -0.511. The van der Waals surface area contributed by atoms with Crippen molar-refractivity contribution >= 4 is 0 Å². The summed E-state index contributed by atoms with van der Waals surface area (Å²) in [5.74, 6) is 0. The third-order valence-corrected chi connectivity index (χ3v) is 3.38. The summed E-state index contributed by atoms with van der Waals surface area (Å²) in [5.41, 5.74) is 0.520. The average Bonchev–Trinajstić information content (AvgIpc) is 2.45. The molecular formula is C13H18O6. The second kappa shape index (κ2) is 5.96. The van der Waals surface area contributed by atoms with Crippen LogP contribution in [0.2, 0.25) is 0 Å². The highest BCUT2D eigenvalue weighted by atomic mass is 16.6. The fraction of sp³-hybridized carbons (Fsp3) is 0.538. The highest BCUT2D eigenvalue weighted by Crippen LogP contribution is 2.29. The summed E-state index contributed by atoms with van der Waals surface area (Å²) in [6.07, 6.45) is -7.62. The van der Waals surface area contributed by atoms with Gasteiger partial charge in [-0.1, -0.05) is 30.3 Å². The van der Waals surface area contributed by atoms with E-state index >= 15 is 0 Å². The molecule has 6 atom stereocenters. The molecule has 6 nitrogen and oxygen atoms in total. The minimum atomic E-state index is -1.48. The van der Waals surface area contributed by atoms with Crippen LogP contribution in [0.5, 0.6) is 0 Å². The maximum absolute atomic E-state index is 10.2. The Kier molecular flexibility index (Phi) is 4.51. The summed E-state index contributed by atoms with van der Waals surface area (Å²) in [4.78, 5) is 0. The first-order valence-electron chi connectivity index (χ1n) is 6.09. The van der Waals surface area contributed by atoms with Crippen LogP contribution in [0.4, 0.5) is 0 Å². The normalized spacial score (nSPS) is 37.0. The summed E-state index contributed by atoms with van der Waals surface area (Å²) in [5, 5.41) is 48.4. The molecule has 106 valence electrons. The van der Waals surface area contributed by atoms with E-state index in [0.717, 1.165) is 0 Å². The van der Waals surface area contributed by atoms with Crippen LogP contribution in [0.1, 0.15) is 11.7 Å². The van der Waals surface area contributed by atoms with Crippen LogP contribution in [-0.4, -0.2) is 62.7 Å². The smallest absolute Gasteiger partial charge is 0.117 e. The van der Waals surface area contributed by atoms with Crippen molar-refractivity contribution in [1.82, 2.24) is 0 Å². The van der Waals surface area contributed by atoms with Gasteiger partial charge in [0.15, 0.2) is 0 Å². The van der Waals surface area contributed by atoms with Gasteiger partial charge in [0.05, 0.1) is 6.61 Å². The molecule has 0 saturated carbocycles. The Morgan fingerprint density at radius 3 is 2.21 bits per heavy atom. The fourth-order valence-corrected chi connectivity index (χ4v) is 2.23. The van der Waals surface area contributed by atoms with Crippen molar-refractivity contribution in [2.45, 2.75) is 36.6 Å². The molecule has 5 N–H and O–H groups in total. The van der Waals surface area contributed by atoms with Crippen molar-refractivity contribution in [1.29, 1.82) is 0 Å². The monoisotopic (exact) mass is 270 g/mol. The number of ether oxygens (including phenoxy) is 1. The molecule has 1 fully saturated rings. The third kappa shape index (κ3) is 2.79. The van der Waals surface area contributed by atoms with E-state index in [1.54, 1.807) is 30.3 Å². The Hall–Kier alpha value is -1.02. The Morgan fingerprint density at radius 1 is 1.00 bits per heavy atom. The third-order valence-electron chi connectivity index (χ3n) is 3.38. The van der Waals surface area contributed by atoms with E-state index < -0.39 is 43.2 Å².